The lowest BCUT2D eigenvalue weighted by atomic mass is 10.1. The third kappa shape index (κ3) is 3.51. The Labute approximate surface area is 156 Å². The van der Waals surface area contributed by atoms with Gasteiger partial charge in [0.2, 0.25) is 0 Å². The minimum absolute atomic E-state index is 0.0981. The van der Waals surface area contributed by atoms with Gasteiger partial charge in [0.05, 0.1) is 0 Å². The van der Waals surface area contributed by atoms with Crippen LogP contribution in [0.5, 0.6) is 0 Å². The fourth-order valence-corrected chi connectivity index (χ4v) is 4.70. The van der Waals surface area contributed by atoms with Gasteiger partial charge in [0.1, 0.15) is 5.37 Å². The lowest BCUT2D eigenvalue weighted by molar-refractivity contribution is 0.214. The zero-order chi connectivity index (χ0) is 17.3. The number of para-hydroxylation sites is 1. The molecular weight excluding hydrogens is 363 g/mol. The molecule has 0 spiro atoms. The summed E-state index contributed by atoms with van der Waals surface area (Å²) in [5, 5.41) is 4.14. The summed E-state index contributed by atoms with van der Waals surface area (Å²) in [6, 6.07) is 11.3. The molecule has 1 saturated heterocycles. The average Bonchev–Trinajstić information content (AvgIpc) is 3.00. The zero-order valence-electron chi connectivity index (χ0n) is 13.5. The molecule has 3 rings (SSSR count). The van der Waals surface area contributed by atoms with Crippen molar-refractivity contribution >= 4 is 46.7 Å². The topological polar surface area (TPSA) is 32.3 Å². The summed E-state index contributed by atoms with van der Waals surface area (Å²) >= 11 is 14.0. The molecule has 0 bridgehead atoms. The van der Waals surface area contributed by atoms with E-state index in [2.05, 4.69) is 5.32 Å². The summed E-state index contributed by atoms with van der Waals surface area (Å²) in [4.78, 5) is 14.6. The molecule has 2 amide bonds. The van der Waals surface area contributed by atoms with Crippen LogP contribution in [0.15, 0.2) is 36.4 Å². The van der Waals surface area contributed by atoms with Gasteiger partial charge in [0.25, 0.3) is 0 Å². The summed E-state index contributed by atoms with van der Waals surface area (Å²) in [6.45, 7) is 4.68. The van der Waals surface area contributed by atoms with E-state index in [1.54, 1.807) is 17.8 Å². The number of carbonyl (C=O) groups is 1. The zero-order valence-corrected chi connectivity index (χ0v) is 15.8. The van der Waals surface area contributed by atoms with Crippen LogP contribution in [0, 0.1) is 13.8 Å². The van der Waals surface area contributed by atoms with E-state index in [9.17, 15) is 4.79 Å². The molecule has 0 aromatic heterocycles. The molecular formula is C18H18Cl2N2OS. The number of hydrogen-bond donors (Lipinski definition) is 1. The molecule has 2 aromatic rings. The average molecular weight is 381 g/mol. The Hall–Kier alpha value is -1.36. The van der Waals surface area contributed by atoms with Gasteiger partial charge in [0, 0.05) is 33.6 Å². The standard InChI is InChI=1S/C18H18Cl2N2OS/c1-11-4-3-5-12(2)16(11)21-18(23)22-8-9-24-17(22)14-7-6-13(19)10-15(14)20/h3-7,10,17H,8-9H2,1-2H3,(H,21,23). The van der Waals surface area contributed by atoms with Crippen LogP contribution < -0.4 is 5.32 Å². The molecule has 0 saturated carbocycles. The number of amides is 2. The third-order valence-electron chi connectivity index (χ3n) is 4.09. The van der Waals surface area contributed by atoms with Crippen molar-refractivity contribution in [2.45, 2.75) is 19.2 Å². The largest absolute Gasteiger partial charge is 0.323 e. The predicted molar refractivity (Wildman–Crippen MR) is 103 cm³/mol. The number of aryl methyl sites for hydroxylation is 2. The quantitative estimate of drug-likeness (QED) is 0.704. The SMILES string of the molecule is Cc1cccc(C)c1NC(=O)N1CCSC1c1ccc(Cl)cc1Cl. The van der Waals surface area contributed by atoms with Crippen molar-refractivity contribution in [3.63, 3.8) is 0 Å². The molecule has 1 N–H and O–H groups in total. The summed E-state index contributed by atoms with van der Waals surface area (Å²) in [6.07, 6.45) is 0. The monoisotopic (exact) mass is 380 g/mol. The van der Waals surface area contributed by atoms with E-state index in [0.29, 0.717) is 16.6 Å². The van der Waals surface area contributed by atoms with E-state index in [0.717, 1.165) is 28.1 Å². The maximum absolute atomic E-state index is 12.8. The van der Waals surface area contributed by atoms with E-state index in [-0.39, 0.29) is 11.4 Å². The number of rotatable bonds is 2. The molecule has 126 valence electrons. The molecule has 1 fully saturated rings. The van der Waals surface area contributed by atoms with Gasteiger partial charge >= 0.3 is 6.03 Å². The number of hydrogen-bond acceptors (Lipinski definition) is 2. The second-order valence-electron chi connectivity index (χ2n) is 5.78. The number of nitrogens with zero attached hydrogens (tertiary/aromatic N) is 1. The van der Waals surface area contributed by atoms with Crippen LogP contribution in [0.1, 0.15) is 22.1 Å². The van der Waals surface area contributed by atoms with E-state index in [4.69, 9.17) is 23.2 Å². The molecule has 1 aliphatic heterocycles. The highest BCUT2D eigenvalue weighted by molar-refractivity contribution is 7.99. The highest BCUT2D eigenvalue weighted by Gasteiger charge is 2.32. The molecule has 1 unspecified atom stereocenters. The van der Waals surface area contributed by atoms with E-state index in [1.807, 2.05) is 49.1 Å². The molecule has 6 heteroatoms. The summed E-state index contributed by atoms with van der Waals surface area (Å²) in [5.41, 5.74) is 3.90. The Morgan fingerprint density at radius 3 is 2.58 bits per heavy atom. The second-order valence-corrected chi connectivity index (χ2v) is 7.81. The number of urea groups is 1. The van der Waals surface area contributed by atoms with Crippen molar-refractivity contribution in [1.82, 2.24) is 4.90 Å². The van der Waals surface area contributed by atoms with Gasteiger partial charge in [0.15, 0.2) is 0 Å². The number of halogens is 2. The van der Waals surface area contributed by atoms with Gasteiger partial charge in [-0.25, -0.2) is 4.79 Å². The first-order chi connectivity index (χ1) is 11.5. The Bertz CT molecular complexity index is 761. The summed E-state index contributed by atoms with van der Waals surface area (Å²) in [5.74, 6) is 0.879. The first-order valence-electron chi connectivity index (χ1n) is 7.68. The van der Waals surface area contributed by atoms with Crippen LogP contribution >= 0.6 is 35.0 Å². The maximum atomic E-state index is 12.8. The molecule has 0 aliphatic carbocycles. The van der Waals surface area contributed by atoms with Crippen molar-refractivity contribution < 1.29 is 4.79 Å². The van der Waals surface area contributed by atoms with Crippen LogP contribution in [0.2, 0.25) is 10.0 Å². The maximum Gasteiger partial charge on any atom is 0.323 e. The van der Waals surface area contributed by atoms with Crippen molar-refractivity contribution in [1.29, 1.82) is 0 Å². The van der Waals surface area contributed by atoms with Crippen LogP contribution in [0.4, 0.5) is 10.5 Å². The second kappa shape index (κ2) is 7.26. The van der Waals surface area contributed by atoms with E-state index >= 15 is 0 Å². The van der Waals surface area contributed by atoms with Gasteiger partial charge in [-0.2, -0.15) is 0 Å². The van der Waals surface area contributed by atoms with Crippen molar-refractivity contribution in [3.05, 3.63) is 63.1 Å². The third-order valence-corrected chi connectivity index (χ3v) is 5.90. The molecule has 2 aromatic carbocycles. The summed E-state index contributed by atoms with van der Waals surface area (Å²) < 4.78 is 0. The van der Waals surface area contributed by atoms with Gasteiger partial charge in [-0.1, -0.05) is 47.5 Å². The molecule has 1 aliphatic rings. The van der Waals surface area contributed by atoms with Crippen molar-refractivity contribution in [2.24, 2.45) is 0 Å². The Morgan fingerprint density at radius 1 is 1.21 bits per heavy atom. The normalized spacial score (nSPS) is 17.2. The van der Waals surface area contributed by atoms with Gasteiger partial charge < -0.3 is 10.2 Å². The van der Waals surface area contributed by atoms with Crippen LogP contribution in [0.3, 0.4) is 0 Å². The molecule has 1 heterocycles. The van der Waals surface area contributed by atoms with Gasteiger partial charge in [-0.3, -0.25) is 0 Å². The smallest absolute Gasteiger partial charge is 0.308 e. The van der Waals surface area contributed by atoms with E-state index in [1.165, 1.54) is 0 Å². The van der Waals surface area contributed by atoms with E-state index < -0.39 is 0 Å². The van der Waals surface area contributed by atoms with Gasteiger partial charge in [-0.05, 0) is 37.1 Å². The first-order valence-corrected chi connectivity index (χ1v) is 9.48. The predicted octanol–water partition coefficient (Wildman–Crippen LogP) is 5.89. The highest BCUT2D eigenvalue weighted by Crippen LogP contribution is 2.41. The molecule has 24 heavy (non-hydrogen) atoms. The highest BCUT2D eigenvalue weighted by atomic mass is 35.5. The van der Waals surface area contributed by atoms with Gasteiger partial charge in [-0.15, -0.1) is 11.8 Å². The number of thioether (sulfide) groups is 1. The Morgan fingerprint density at radius 2 is 1.92 bits per heavy atom. The minimum Gasteiger partial charge on any atom is -0.308 e. The lowest BCUT2D eigenvalue weighted by Gasteiger charge is -2.26. The van der Waals surface area contributed by atoms with Crippen molar-refractivity contribution in [3.8, 4) is 0 Å². The Kier molecular flexibility index (Phi) is 5.28. The molecule has 1 atom stereocenters. The molecule has 3 nitrogen and oxygen atoms in total. The Balaban J connectivity index is 1.84. The van der Waals surface area contributed by atoms with Crippen LogP contribution in [0.25, 0.3) is 0 Å². The fraction of sp³-hybridized carbons (Fsp3) is 0.278. The minimum atomic E-state index is -0.103. The van der Waals surface area contributed by atoms with Crippen LogP contribution in [-0.4, -0.2) is 23.2 Å². The first kappa shape index (κ1) is 17.5. The van der Waals surface area contributed by atoms with Crippen molar-refractivity contribution in [2.75, 3.05) is 17.6 Å². The van der Waals surface area contributed by atoms with Crippen LogP contribution in [-0.2, 0) is 0 Å². The number of anilines is 1. The number of nitrogens with one attached hydrogen (secondary N) is 1. The summed E-state index contributed by atoms with van der Waals surface area (Å²) in [7, 11) is 0. The molecule has 0 radical (unpaired) electrons. The number of carbonyl (C=O) groups excluding carboxylic acids is 1. The lowest BCUT2D eigenvalue weighted by Crippen LogP contribution is -2.34. The number of benzene rings is 2. The fourth-order valence-electron chi connectivity index (χ4n) is 2.83.